The van der Waals surface area contributed by atoms with Crippen LogP contribution >= 0.6 is 0 Å². The van der Waals surface area contributed by atoms with Crippen LogP contribution in [0.3, 0.4) is 0 Å². The van der Waals surface area contributed by atoms with E-state index in [4.69, 9.17) is 10.2 Å². The lowest BCUT2D eigenvalue weighted by molar-refractivity contribution is 0.612. The Bertz CT molecular complexity index is 789. The molecule has 0 spiro atoms. The van der Waals surface area contributed by atoms with Crippen molar-refractivity contribution in [2.45, 2.75) is 13.8 Å². The molecule has 0 radical (unpaired) electrons. The number of aromatic nitrogens is 1. The Kier molecular flexibility index (Phi) is 2.71. The van der Waals surface area contributed by atoms with Crippen molar-refractivity contribution in [1.82, 2.24) is 4.98 Å². The zero-order valence-electron chi connectivity index (χ0n) is 11.0. The monoisotopic (exact) mass is 253 g/mol. The van der Waals surface area contributed by atoms with Crippen LogP contribution in [0.1, 0.15) is 12.5 Å². The first-order chi connectivity index (χ1) is 9.17. The van der Waals surface area contributed by atoms with E-state index in [-0.39, 0.29) is 0 Å². The fourth-order valence-electron chi connectivity index (χ4n) is 2.12. The second kappa shape index (κ2) is 4.39. The number of aryl methyl sites for hydroxylation is 1. The number of anilines is 1. The quantitative estimate of drug-likeness (QED) is 0.535. The van der Waals surface area contributed by atoms with Gasteiger partial charge < -0.3 is 10.2 Å². The molecule has 0 amide bonds. The molecule has 2 aliphatic rings. The Morgan fingerprint density at radius 1 is 1.26 bits per heavy atom. The van der Waals surface area contributed by atoms with Crippen LogP contribution in [0.5, 0.6) is 0 Å². The van der Waals surface area contributed by atoms with E-state index in [0.29, 0.717) is 11.3 Å². The highest BCUT2D eigenvalue weighted by Gasteiger charge is 2.10. The third-order valence-corrected chi connectivity index (χ3v) is 3.05. The molecule has 0 bridgehead atoms. The third-order valence-electron chi connectivity index (χ3n) is 3.05. The molecular formula is C15H15N3O. The van der Waals surface area contributed by atoms with Gasteiger partial charge in [-0.15, -0.1) is 0 Å². The number of nitrogens with zero attached hydrogens (tertiary/aromatic N) is 2. The van der Waals surface area contributed by atoms with E-state index in [1.807, 2.05) is 38.1 Å². The van der Waals surface area contributed by atoms with Gasteiger partial charge in [0.2, 0.25) is 0 Å². The topological polar surface area (TPSA) is 64.4 Å². The van der Waals surface area contributed by atoms with Crippen LogP contribution in [0.4, 0.5) is 5.69 Å². The standard InChI is InChI=1S/C15H15N3O/c1-3-17-12-8-15-13(6-9(12)2)18-11-5-4-10(16)7-14(11)19-15/h4-8H,3,16H2,1-2H3/b17-12-. The number of nitrogens with two attached hydrogens (primary N) is 1. The molecule has 2 N–H and O–H groups in total. The highest BCUT2D eigenvalue weighted by atomic mass is 16.3. The van der Waals surface area contributed by atoms with Gasteiger partial charge in [0.05, 0.1) is 5.36 Å². The summed E-state index contributed by atoms with van der Waals surface area (Å²) in [6.45, 7) is 4.79. The van der Waals surface area contributed by atoms with Crippen molar-refractivity contribution in [3.63, 3.8) is 0 Å². The zero-order chi connectivity index (χ0) is 13.4. The van der Waals surface area contributed by atoms with Gasteiger partial charge in [-0.25, -0.2) is 4.98 Å². The van der Waals surface area contributed by atoms with Gasteiger partial charge in [-0.2, -0.15) is 0 Å². The predicted octanol–water partition coefficient (Wildman–Crippen LogP) is 2.74. The molecular weight excluding hydrogens is 238 g/mol. The van der Waals surface area contributed by atoms with Crippen molar-refractivity contribution >= 4 is 16.8 Å². The third kappa shape index (κ3) is 2.05. The van der Waals surface area contributed by atoms with E-state index >= 15 is 0 Å². The summed E-state index contributed by atoms with van der Waals surface area (Å²) < 4.78 is 5.87. The van der Waals surface area contributed by atoms with Gasteiger partial charge in [-0.05, 0) is 37.6 Å². The van der Waals surface area contributed by atoms with E-state index in [1.165, 1.54) is 0 Å². The molecule has 1 aliphatic heterocycles. The minimum atomic E-state index is 0.669. The van der Waals surface area contributed by atoms with Crippen LogP contribution in [0, 0.1) is 6.92 Å². The maximum absolute atomic E-state index is 5.87. The second-order valence-corrected chi connectivity index (χ2v) is 4.52. The number of hydrogen-bond acceptors (Lipinski definition) is 4. The molecule has 1 aromatic carbocycles. The van der Waals surface area contributed by atoms with Gasteiger partial charge in [0.1, 0.15) is 11.2 Å². The minimum Gasteiger partial charge on any atom is -0.453 e. The minimum absolute atomic E-state index is 0.669. The van der Waals surface area contributed by atoms with Gasteiger partial charge in [0.25, 0.3) is 0 Å². The van der Waals surface area contributed by atoms with E-state index < -0.39 is 0 Å². The van der Waals surface area contributed by atoms with Crippen molar-refractivity contribution < 1.29 is 4.42 Å². The molecule has 0 saturated carbocycles. The summed E-state index contributed by atoms with van der Waals surface area (Å²) in [6.07, 6.45) is 0. The van der Waals surface area contributed by atoms with E-state index in [2.05, 4.69) is 9.98 Å². The number of nitrogen functional groups attached to an aromatic ring is 1. The fraction of sp³-hybridized carbons (Fsp3) is 0.200. The smallest absolute Gasteiger partial charge is 0.155 e. The Labute approximate surface area is 111 Å². The van der Waals surface area contributed by atoms with Gasteiger partial charge in [0, 0.05) is 24.4 Å². The van der Waals surface area contributed by atoms with Gasteiger partial charge in [0.15, 0.2) is 11.3 Å². The normalized spacial score (nSPS) is 12.4. The fourth-order valence-corrected chi connectivity index (χ4v) is 2.12. The molecule has 4 heteroatoms. The van der Waals surface area contributed by atoms with Crippen molar-refractivity contribution in [2.75, 3.05) is 12.3 Å². The van der Waals surface area contributed by atoms with Gasteiger partial charge in [-0.3, -0.25) is 4.99 Å². The first-order valence-corrected chi connectivity index (χ1v) is 6.28. The summed E-state index contributed by atoms with van der Waals surface area (Å²) >= 11 is 0. The zero-order valence-corrected chi connectivity index (χ0v) is 11.0. The Balaban J connectivity index is 2.37. The lowest BCUT2D eigenvalue weighted by atomic mass is 10.1. The van der Waals surface area contributed by atoms with E-state index in [9.17, 15) is 0 Å². The number of rotatable bonds is 1. The average molecular weight is 253 g/mol. The van der Waals surface area contributed by atoms with Crippen molar-refractivity contribution in [1.29, 1.82) is 0 Å². The predicted molar refractivity (Wildman–Crippen MR) is 75.9 cm³/mol. The second-order valence-electron chi connectivity index (χ2n) is 4.52. The molecule has 0 unspecified atom stereocenters. The Morgan fingerprint density at radius 2 is 2.11 bits per heavy atom. The van der Waals surface area contributed by atoms with E-state index in [0.717, 1.165) is 34.4 Å². The van der Waals surface area contributed by atoms with Gasteiger partial charge >= 0.3 is 0 Å². The number of hydrogen-bond donors (Lipinski definition) is 1. The molecule has 4 nitrogen and oxygen atoms in total. The molecule has 3 rings (SSSR count). The lowest BCUT2D eigenvalue weighted by Crippen LogP contribution is -2.08. The molecule has 1 heterocycles. The molecule has 96 valence electrons. The summed E-state index contributed by atoms with van der Waals surface area (Å²) in [5, 5.41) is 0.948. The van der Waals surface area contributed by atoms with Gasteiger partial charge in [-0.1, -0.05) is 0 Å². The van der Waals surface area contributed by atoms with Crippen molar-refractivity contribution in [3.8, 4) is 11.5 Å². The summed E-state index contributed by atoms with van der Waals surface area (Å²) in [5.74, 6) is 0.732. The lowest BCUT2D eigenvalue weighted by Gasteiger charge is -2.08. The summed E-state index contributed by atoms with van der Waals surface area (Å²) in [4.78, 5) is 9.03. The average Bonchev–Trinajstić information content (AvgIpc) is 2.38. The van der Waals surface area contributed by atoms with Crippen LogP contribution < -0.4 is 11.1 Å². The molecule has 0 saturated heterocycles. The van der Waals surface area contributed by atoms with Crippen molar-refractivity contribution in [2.24, 2.45) is 4.99 Å². The largest absolute Gasteiger partial charge is 0.453 e. The molecule has 1 aliphatic carbocycles. The van der Waals surface area contributed by atoms with Crippen LogP contribution in [-0.2, 0) is 0 Å². The Morgan fingerprint density at radius 3 is 2.89 bits per heavy atom. The summed E-state index contributed by atoms with van der Waals surface area (Å²) in [5.41, 5.74) is 9.87. The molecule has 0 fully saturated rings. The molecule has 0 aromatic heterocycles. The first-order valence-electron chi connectivity index (χ1n) is 6.28. The SMILES string of the molecule is CC/N=c1/cc2oc3cc(N)ccc3nc-2cc1C. The molecule has 19 heavy (non-hydrogen) atoms. The maximum Gasteiger partial charge on any atom is 0.155 e. The number of fused-ring (bicyclic) bond motifs is 2. The summed E-state index contributed by atoms with van der Waals surface area (Å²) in [7, 11) is 0. The van der Waals surface area contributed by atoms with Crippen LogP contribution in [0.2, 0.25) is 0 Å². The van der Waals surface area contributed by atoms with E-state index in [1.54, 1.807) is 6.07 Å². The summed E-state index contributed by atoms with van der Waals surface area (Å²) in [6, 6.07) is 9.42. The molecule has 1 aromatic rings. The molecule has 0 atom stereocenters. The van der Waals surface area contributed by atoms with Crippen LogP contribution in [0.15, 0.2) is 39.7 Å². The van der Waals surface area contributed by atoms with Crippen LogP contribution in [0.25, 0.3) is 22.6 Å². The highest BCUT2D eigenvalue weighted by molar-refractivity contribution is 5.79. The van der Waals surface area contributed by atoms with Crippen LogP contribution in [-0.4, -0.2) is 11.5 Å². The highest BCUT2D eigenvalue weighted by Crippen LogP contribution is 2.25. The first kappa shape index (κ1) is 11.7. The number of benzene rings is 2. The Hall–Kier alpha value is -2.36. The van der Waals surface area contributed by atoms with Crippen molar-refractivity contribution in [3.05, 3.63) is 41.3 Å². The maximum atomic E-state index is 5.87.